The molecular formula is C17H15ClN4OS. The van der Waals surface area contributed by atoms with Gasteiger partial charge in [0.2, 0.25) is 5.91 Å². The lowest BCUT2D eigenvalue weighted by Crippen LogP contribution is -2.37. The fourth-order valence-corrected chi connectivity index (χ4v) is 3.13. The molecule has 2 aromatic heterocycles. The van der Waals surface area contributed by atoms with Crippen LogP contribution in [-0.2, 0) is 11.2 Å². The van der Waals surface area contributed by atoms with E-state index in [-0.39, 0.29) is 5.91 Å². The number of carbonyl (C=O) groups is 1. The van der Waals surface area contributed by atoms with Gasteiger partial charge >= 0.3 is 0 Å². The standard InChI is InChI=1S/C17H15ClN4OS/c18-13-3-1-2-11(8-13)9-14(19)16(23)22-17-21-15(10-24-17)12-4-6-20-7-5-12/h1-8,10,14H,9,19H2,(H,21,22,23). The molecule has 1 amide bonds. The summed E-state index contributed by atoms with van der Waals surface area (Å²) in [6.45, 7) is 0. The minimum Gasteiger partial charge on any atom is -0.320 e. The van der Waals surface area contributed by atoms with Crippen molar-refractivity contribution in [3.63, 3.8) is 0 Å². The summed E-state index contributed by atoms with van der Waals surface area (Å²) < 4.78 is 0. The Morgan fingerprint density at radius 2 is 2.08 bits per heavy atom. The van der Waals surface area contributed by atoms with Gasteiger partial charge in [0.15, 0.2) is 5.13 Å². The Kier molecular flexibility index (Phi) is 5.20. The monoisotopic (exact) mass is 358 g/mol. The van der Waals surface area contributed by atoms with E-state index in [4.69, 9.17) is 17.3 Å². The van der Waals surface area contributed by atoms with Crippen molar-refractivity contribution in [2.75, 3.05) is 5.32 Å². The van der Waals surface area contributed by atoms with Gasteiger partial charge in [-0.25, -0.2) is 4.98 Å². The van der Waals surface area contributed by atoms with Gasteiger partial charge in [-0.1, -0.05) is 23.7 Å². The number of nitrogens with two attached hydrogens (primary N) is 1. The number of pyridine rings is 1. The average Bonchev–Trinajstić information content (AvgIpc) is 3.04. The van der Waals surface area contributed by atoms with Crippen molar-refractivity contribution in [1.29, 1.82) is 0 Å². The van der Waals surface area contributed by atoms with Crippen molar-refractivity contribution in [2.45, 2.75) is 12.5 Å². The van der Waals surface area contributed by atoms with E-state index < -0.39 is 6.04 Å². The molecule has 2 heterocycles. The number of amides is 1. The summed E-state index contributed by atoms with van der Waals surface area (Å²) >= 11 is 7.30. The SMILES string of the molecule is NC(Cc1cccc(Cl)c1)C(=O)Nc1nc(-c2ccncc2)cs1. The van der Waals surface area contributed by atoms with Crippen molar-refractivity contribution in [3.05, 3.63) is 64.8 Å². The second kappa shape index (κ2) is 7.53. The Balaban J connectivity index is 1.63. The number of anilines is 1. The van der Waals surface area contributed by atoms with E-state index in [1.807, 2.05) is 29.6 Å². The van der Waals surface area contributed by atoms with Crippen molar-refractivity contribution >= 4 is 34.0 Å². The molecule has 1 unspecified atom stereocenters. The quantitative estimate of drug-likeness (QED) is 0.732. The molecule has 0 saturated heterocycles. The molecule has 5 nitrogen and oxygen atoms in total. The summed E-state index contributed by atoms with van der Waals surface area (Å²) in [7, 11) is 0. The smallest absolute Gasteiger partial charge is 0.243 e. The molecule has 0 aliphatic rings. The van der Waals surface area contributed by atoms with Crippen LogP contribution < -0.4 is 11.1 Å². The molecule has 3 aromatic rings. The van der Waals surface area contributed by atoms with Crippen LogP contribution >= 0.6 is 22.9 Å². The number of rotatable bonds is 5. The summed E-state index contributed by atoms with van der Waals surface area (Å²) in [5.74, 6) is -0.273. The number of benzene rings is 1. The third kappa shape index (κ3) is 4.17. The molecule has 0 aliphatic carbocycles. The lowest BCUT2D eigenvalue weighted by Gasteiger charge is -2.11. The van der Waals surface area contributed by atoms with E-state index in [9.17, 15) is 4.79 Å². The van der Waals surface area contributed by atoms with Gasteiger partial charge in [0, 0.05) is 28.4 Å². The van der Waals surface area contributed by atoms with E-state index in [1.165, 1.54) is 11.3 Å². The number of nitrogens with zero attached hydrogens (tertiary/aromatic N) is 2. The van der Waals surface area contributed by atoms with E-state index in [1.54, 1.807) is 24.5 Å². The maximum Gasteiger partial charge on any atom is 0.243 e. The van der Waals surface area contributed by atoms with Crippen LogP contribution in [-0.4, -0.2) is 21.9 Å². The third-order valence-corrected chi connectivity index (χ3v) is 4.38. The zero-order valence-corrected chi connectivity index (χ0v) is 14.2. The minimum absolute atomic E-state index is 0.273. The molecule has 3 rings (SSSR count). The summed E-state index contributed by atoms with van der Waals surface area (Å²) in [6, 6.07) is 10.4. The van der Waals surface area contributed by atoms with E-state index in [0.717, 1.165) is 16.8 Å². The van der Waals surface area contributed by atoms with Gasteiger partial charge in [-0.3, -0.25) is 9.78 Å². The lowest BCUT2D eigenvalue weighted by molar-refractivity contribution is -0.117. The molecule has 7 heteroatoms. The topological polar surface area (TPSA) is 80.9 Å². The minimum atomic E-state index is -0.670. The molecule has 3 N–H and O–H groups in total. The Bertz CT molecular complexity index is 837. The zero-order valence-electron chi connectivity index (χ0n) is 12.6. The Morgan fingerprint density at radius 1 is 1.29 bits per heavy atom. The average molecular weight is 359 g/mol. The molecule has 0 saturated carbocycles. The Labute approximate surface area is 148 Å². The molecule has 122 valence electrons. The molecule has 24 heavy (non-hydrogen) atoms. The number of hydrogen-bond donors (Lipinski definition) is 2. The maximum atomic E-state index is 12.2. The number of carbonyl (C=O) groups excluding carboxylic acids is 1. The van der Waals surface area contributed by atoms with E-state index >= 15 is 0 Å². The molecule has 1 aromatic carbocycles. The van der Waals surface area contributed by atoms with Crippen LogP contribution in [0.2, 0.25) is 5.02 Å². The summed E-state index contributed by atoms with van der Waals surface area (Å²) in [6.07, 6.45) is 3.82. The second-order valence-electron chi connectivity index (χ2n) is 5.20. The predicted octanol–water partition coefficient (Wildman–Crippen LogP) is 3.37. The number of halogens is 1. The van der Waals surface area contributed by atoms with Gasteiger partial charge in [-0.05, 0) is 36.2 Å². The third-order valence-electron chi connectivity index (χ3n) is 3.39. The van der Waals surface area contributed by atoms with Crippen LogP contribution in [0.3, 0.4) is 0 Å². The van der Waals surface area contributed by atoms with Crippen molar-refractivity contribution < 1.29 is 4.79 Å². The first-order valence-electron chi connectivity index (χ1n) is 7.28. The van der Waals surface area contributed by atoms with Crippen LogP contribution in [0.25, 0.3) is 11.3 Å². The van der Waals surface area contributed by atoms with Gasteiger partial charge in [-0.2, -0.15) is 0 Å². The molecule has 1 atom stereocenters. The molecule has 0 spiro atoms. The maximum absolute atomic E-state index is 12.2. The highest BCUT2D eigenvalue weighted by molar-refractivity contribution is 7.14. The Morgan fingerprint density at radius 3 is 2.83 bits per heavy atom. The van der Waals surface area contributed by atoms with Crippen LogP contribution in [0.1, 0.15) is 5.56 Å². The second-order valence-corrected chi connectivity index (χ2v) is 6.50. The van der Waals surface area contributed by atoms with E-state index in [0.29, 0.717) is 16.6 Å². The van der Waals surface area contributed by atoms with Gasteiger partial charge in [0.25, 0.3) is 0 Å². The van der Waals surface area contributed by atoms with Gasteiger partial charge < -0.3 is 11.1 Å². The summed E-state index contributed by atoms with van der Waals surface area (Å²) in [5, 5.41) is 5.79. The van der Waals surface area contributed by atoms with Crippen molar-refractivity contribution in [1.82, 2.24) is 9.97 Å². The Hall–Kier alpha value is -2.28. The fraction of sp³-hybridized carbons (Fsp3) is 0.118. The van der Waals surface area contributed by atoms with E-state index in [2.05, 4.69) is 15.3 Å². The first kappa shape index (κ1) is 16.6. The fourth-order valence-electron chi connectivity index (χ4n) is 2.20. The van der Waals surface area contributed by atoms with Gasteiger partial charge in [-0.15, -0.1) is 11.3 Å². The molecule has 0 aliphatic heterocycles. The van der Waals surface area contributed by atoms with Crippen molar-refractivity contribution in [3.8, 4) is 11.3 Å². The number of aromatic nitrogens is 2. The largest absolute Gasteiger partial charge is 0.320 e. The molecular weight excluding hydrogens is 344 g/mol. The number of hydrogen-bond acceptors (Lipinski definition) is 5. The predicted molar refractivity (Wildman–Crippen MR) is 97.1 cm³/mol. The van der Waals surface area contributed by atoms with Crippen LogP contribution in [0, 0.1) is 0 Å². The normalized spacial score (nSPS) is 11.9. The highest BCUT2D eigenvalue weighted by Crippen LogP contribution is 2.24. The van der Waals surface area contributed by atoms with Gasteiger partial charge in [0.05, 0.1) is 11.7 Å². The van der Waals surface area contributed by atoms with Crippen LogP contribution in [0.15, 0.2) is 54.2 Å². The van der Waals surface area contributed by atoms with Crippen molar-refractivity contribution in [2.24, 2.45) is 5.73 Å². The molecule has 0 radical (unpaired) electrons. The molecule has 0 bridgehead atoms. The highest BCUT2D eigenvalue weighted by atomic mass is 35.5. The van der Waals surface area contributed by atoms with Gasteiger partial charge in [0.1, 0.15) is 0 Å². The number of nitrogens with one attached hydrogen (secondary N) is 1. The number of thiazole rings is 1. The zero-order chi connectivity index (χ0) is 16.9. The summed E-state index contributed by atoms with van der Waals surface area (Å²) in [4.78, 5) is 20.6. The molecule has 0 fully saturated rings. The first-order valence-corrected chi connectivity index (χ1v) is 8.54. The highest BCUT2D eigenvalue weighted by Gasteiger charge is 2.16. The van der Waals surface area contributed by atoms with Crippen LogP contribution in [0.5, 0.6) is 0 Å². The lowest BCUT2D eigenvalue weighted by atomic mass is 10.1. The van der Waals surface area contributed by atoms with Crippen LogP contribution in [0.4, 0.5) is 5.13 Å². The summed E-state index contributed by atoms with van der Waals surface area (Å²) in [5.41, 5.74) is 8.64. The first-order chi connectivity index (χ1) is 11.6.